The summed E-state index contributed by atoms with van der Waals surface area (Å²) in [5.74, 6) is 1.42. The maximum Gasteiger partial charge on any atom is 0.318 e. The fourth-order valence-electron chi connectivity index (χ4n) is 2.52. The van der Waals surface area contributed by atoms with Crippen molar-refractivity contribution >= 4 is 6.01 Å². The van der Waals surface area contributed by atoms with E-state index in [1.165, 1.54) is 19.3 Å². The Morgan fingerprint density at radius 3 is 2.82 bits per heavy atom. The molecule has 2 heterocycles. The molecule has 3 rings (SSSR count). The van der Waals surface area contributed by atoms with Crippen molar-refractivity contribution in [3.8, 4) is 0 Å². The third kappa shape index (κ3) is 2.44. The number of nitrogens with one attached hydrogen (secondary N) is 1. The summed E-state index contributed by atoms with van der Waals surface area (Å²) >= 11 is 0. The van der Waals surface area contributed by atoms with Crippen LogP contribution in [0, 0.1) is 5.92 Å². The molecule has 1 aliphatic carbocycles. The Balaban J connectivity index is 1.62. The van der Waals surface area contributed by atoms with Gasteiger partial charge in [-0.05, 0) is 32.1 Å². The molecule has 2 fully saturated rings. The van der Waals surface area contributed by atoms with Crippen molar-refractivity contribution in [1.29, 1.82) is 0 Å². The Hall–Kier alpha value is -1.10. The van der Waals surface area contributed by atoms with Crippen molar-refractivity contribution in [2.45, 2.75) is 51.7 Å². The van der Waals surface area contributed by atoms with Crippen molar-refractivity contribution in [3.63, 3.8) is 0 Å². The molecule has 94 valence electrons. The van der Waals surface area contributed by atoms with Gasteiger partial charge in [-0.3, -0.25) is 0 Å². The largest absolute Gasteiger partial charge is 0.407 e. The summed E-state index contributed by atoms with van der Waals surface area (Å²) in [6, 6.07) is 1.88. The highest BCUT2D eigenvalue weighted by molar-refractivity contribution is 5.28. The second-order valence-electron chi connectivity index (χ2n) is 5.48. The van der Waals surface area contributed by atoms with Crippen molar-refractivity contribution in [3.05, 3.63) is 5.89 Å². The first-order valence-corrected chi connectivity index (χ1v) is 6.55. The summed E-state index contributed by atoms with van der Waals surface area (Å²) in [5.41, 5.74) is 0. The molecule has 1 aromatic rings. The van der Waals surface area contributed by atoms with Crippen LogP contribution in [0.1, 0.15) is 39.0 Å². The van der Waals surface area contributed by atoms with Crippen LogP contribution in [0.5, 0.6) is 0 Å². The topological polar surface area (TPSA) is 54.2 Å². The van der Waals surface area contributed by atoms with Gasteiger partial charge in [-0.2, -0.15) is 0 Å². The predicted molar refractivity (Wildman–Crippen MR) is 64.7 cm³/mol. The van der Waals surface area contributed by atoms with Gasteiger partial charge in [-0.1, -0.05) is 12.0 Å². The molecule has 2 aliphatic rings. The number of hydrogen-bond acceptors (Lipinski definition) is 5. The molecule has 1 saturated heterocycles. The predicted octanol–water partition coefficient (Wildman–Crippen LogP) is 1.56. The Bertz CT molecular complexity index is 388. The van der Waals surface area contributed by atoms with Crippen LogP contribution < -0.4 is 10.2 Å². The lowest BCUT2D eigenvalue weighted by atomic mass is 10.1. The molecule has 5 nitrogen and oxygen atoms in total. The van der Waals surface area contributed by atoms with E-state index in [4.69, 9.17) is 4.42 Å². The van der Waals surface area contributed by atoms with E-state index in [2.05, 4.69) is 34.3 Å². The molecule has 0 bridgehead atoms. The van der Waals surface area contributed by atoms with Gasteiger partial charge in [0, 0.05) is 18.6 Å². The zero-order valence-electron chi connectivity index (χ0n) is 10.5. The lowest BCUT2D eigenvalue weighted by Gasteiger charge is -2.17. The van der Waals surface area contributed by atoms with E-state index in [0.29, 0.717) is 36.5 Å². The summed E-state index contributed by atoms with van der Waals surface area (Å²) in [6.07, 6.45) is 3.77. The van der Waals surface area contributed by atoms with Crippen LogP contribution in [0.2, 0.25) is 0 Å². The summed E-state index contributed by atoms with van der Waals surface area (Å²) in [7, 11) is 0. The van der Waals surface area contributed by atoms with Crippen LogP contribution in [0.15, 0.2) is 4.42 Å². The molecule has 17 heavy (non-hydrogen) atoms. The van der Waals surface area contributed by atoms with E-state index >= 15 is 0 Å². The van der Waals surface area contributed by atoms with E-state index in [-0.39, 0.29) is 0 Å². The molecule has 2 unspecified atom stereocenters. The second-order valence-corrected chi connectivity index (χ2v) is 5.48. The average molecular weight is 236 g/mol. The van der Waals surface area contributed by atoms with Crippen molar-refractivity contribution in [2.75, 3.05) is 11.4 Å². The van der Waals surface area contributed by atoms with Crippen molar-refractivity contribution in [2.24, 2.45) is 5.92 Å². The van der Waals surface area contributed by atoms with Crippen LogP contribution in [0.25, 0.3) is 0 Å². The summed E-state index contributed by atoms with van der Waals surface area (Å²) < 4.78 is 5.71. The Kier molecular flexibility index (Phi) is 2.78. The summed E-state index contributed by atoms with van der Waals surface area (Å²) in [4.78, 5) is 2.22. The third-order valence-electron chi connectivity index (χ3n) is 3.61. The molecule has 0 radical (unpaired) electrons. The van der Waals surface area contributed by atoms with E-state index in [0.717, 1.165) is 6.54 Å². The Morgan fingerprint density at radius 1 is 1.35 bits per heavy atom. The van der Waals surface area contributed by atoms with Crippen LogP contribution in [-0.4, -0.2) is 28.8 Å². The van der Waals surface area contributed by atoms with E-state index < -0.39 is 0 Å². The molecule has 1 saturated carbocycles. The first kappa shape index (κ1) is 11.0. The van der Waals surface area contributed by atoms with Crippen molar-refractivity contribution < 1.29 is 4.42 Å². The third-order valence-corrected chi connectivity index (χ3v) is 3.61. The first-order chi connectivity index (χ1) is 8.22. The minimum absolute atomic E-state index is 0.509. The zero-order chi connectivity index (χ0) is 11.8. The molecule has 0 spiro atoms. The monoisotopic (exact) mass is 236 g/mol. The van der Waals surface area contributed by atoms with Gasteiger partial charge in [0.2, 0.25) is 5.89 Å². The zero-order valence-corrected chi connectivity index (χ0v) is 10.5. The smallest absolute Gasteiger partial charge is 0.318 e. The van der Waals surface area contributed by atoms with E-state index in [1.807, 2.05) is 0 Å². The summed E-state index contributed by atoms with van der Waals surface area (Å²) in [5, 5.41) is 11.6. The molecule has 2 atom stereocenters. The molecule has 5 heteroatoms. The molecule has 1 N–H and O–H groups in total. The fourth-order valence-corrected chi connectivity index (χ4v) is 2.52. The SMILES string of the molecule is CC1CC(C)N(c2nnc(CNC3CC3)o2)C1. The minimum Gasteiger partial charge on any atom is -0.407 e. The normalized spacial score (nSPS) is 28.9. The maximum absolute atomic E-state index is 5.71. The molecule has 0 aromatic carbocycles. The van der Waals surface area contributed by atoms with Gasteiger partial charge in [0.25, 0.3) is 0 Å². The van der Waals surface area contributed by atoms with Crippen LogP contribution in [0.4, 0.5) is 6.01 Å². The lowest BCUT2D eigenvalue weighted by molar-refractivity contribution is 0.458. The highest BCUT2D eigenvalue weighted by Crippen LogP contribution is 2.27. The number of nitrogens with zero attached hydrogens (tertiary/aromatic N) is 3. The Labute approximate surface area is 102 Å². The van der Waals surface area contributed by atoms with Gasteiger partial charge in [0.1, 0.15) is 0 Å². The maximum atomic E-state index is 5.71. The van der Waals surface area contributed by atoms with Gasteiger partial charge in [-0.15, -0.1) is 5.10 Å². The average Bonchev–Trinajstić information content (AvgIpc) is 2.90. The highest BCUT2D eigenvalue weighted by atomic mass is 16.4. The minimum atomic E-state index is 0.509. The molecule has 0 amide bonds. The van der Waals surface area contributed by atoms with E-state index in [9.17, 15) is 0 Å². The quantitative estimate of drug-likeness (QED) is 0.859. The number of aromatic nitrogens is 2. The van der Waals surface area contributed by atoms with Crippen LogP contribution >= 0.6 is 0 Å². The van der Waals surface area contributed by atoms with Crippen molar-refractivity contribution in [1.82, 2.24) is 15.5 Å². The van der Waals surface area contributed by atoms with Crippen LogP contribution in [0.3, 0.4) is 0 Å². The highest BCUT2D eigenvalue weighted by Gasteiger charge is 2.30. The first-order valence-electron chi connectivity index (χ1n) is 6.55. The lowest BCUT2D eigenvalue weighted by Crippen LogP contribution is -2.26. The number of anilines is 1. The van der Waals surface area contributed by atoms with Gasteiger partial charge < -0.3 is 14.6 Å². The van der Waals surface area contributed by atoms with Gasteiger partial charge >= 0.3 is 6.01 Å². The number of rotatable bonds is 4. The fraction of sp³-hybridized carbons (Fsp3) is 0.833. The summed E-state index contributed by atoms with van der Waals surface area (Å²) in [6.45, 7) is 6.21. The van der Waals surface area contributed by atoms with E-state index in [1.54, 1.807) is 0 Å². The van der Waals surface area contributed by atoms with Gasteiger partial charge in [-0.25, -0.2) is 0 Å². The second kappa shape index (κ2) is 4.29. The van der Waals surface area contributed by atoms with Gasteiger partial charge in [0.05, 0.1) is 6.54 Å². The molecular weight excluding hydrogens is 216 g/mol. The molecule has 1 aromatic heterocycles. The molecular formula is C12H20N4O. The van der Waals surface area contributed by atoms with Gasteiger partial charge in [0.15, 0.2) is 0 Å². The standard InChI is InChI=1S/C12H20N4O/c1-8-5-9(2)16(7-8)12-15-14-11(17-12)6-13-10-3-4-10/h8-10,13H,3-7H2,1-2H3. The van der Waals surface area contributed by atoms with Crippen LogP contribution in [-0.2, 0) is 6.54 Å². The Morgan fingerprint density at radius 2 is 2.18 bits per heavy atom. The number of hydrogen-bond donors (Lipinski definition) is 1. The molecule has 1 aliphatic heterocycles.